The lowest BCUT2D eigenvalue weighted by molar-refractivity contribution is -0.120. The van der Waals surface area contributed by atoms with Crippen molar-refractivity contribution in [1.82, 2.24) is 5.32 Å². The second-order valence-electron chi connectivity index (χ2n) is 5.07. The Bertz CT molecular complexity index is 785. The van der Waals surface area contributed by atoms with Gasteiger partial charge in [-0.2, -0.15) is 0 Å². The van der Waals surface area contributed by atoms with Gasteiger partial charge in [-0.05, 0) is 12.1 Å². The number of sulfone groups is 2. The zero-order valence-corrected chi connectivity index (χ0v) is 15.4. The highest BCUT2D eigenvalue weighted by Crippen LogP contribution is 2.29. The molecule has 1 N–H and O–H groups in total. The van der Waals surface area contributed by atoms with E-state index in [2.05, 4.69) is 5.32 Å². The van der Waals surface area contributed by atoms with E-state index in [0.717, 1.165) is 6.26 Å². The molecule has 0 saturated carbocycles. The summed E-state index contributed by atoms with van der Waals surface area (Å²) in [7, 11) is -4.03. The Labute approximate surface area is 142 Å². The van der Waals surface area contributed by atoms with Crippen LogP contribution in [0.2, 0.25) is 0 Å². The van der Waals surface area contributed by atoms with Gasteiger partial charge < -0.3 is 14.8 Å². The van der Waals surface area contributed by atoms with Gasteiger partial charge in [0.05, 0.1) is 30.6 Å². The van der Waals surface area contributed by atoms with Crippen molar-refractivity contribution in [1.29, 1.82) is 0 Å². The third kappa shape index (κ3) is 6.36. The summed E-state index contributed by atoms with van der Waals surface area (Å²) in [6, 6.07) is 4.17. The van der Waals surface area contributed by atoms with Crippen molar-refractivity contribution in [2.75, 3.05) is 38.5 Å². The third-order valence-electron chi connectivity index (χ3n) is 3.11. The minimum Gasteiger partial charge on any atom is -0.493 e. The monoisotopic (exact) mass is 379 g/mol. The van der Waals surface area contributed by atoms with Gasteiger partial charge in [0.15, 0.2) is 21.3 Å². The Hall–Kier alpha value is -1.81. The molecular formula is C14H21NO7S2. The molecule has 0 aromatic heterocycles. The molecule has 0 radical (unpaired) electrons. The Morgan fingerprint density at radius 3 is 2.21 bits per heavy atom. The molecule has 8 nitrogen and oxygen atoms in total. The number of methoxy groups -OCH3 is 2. The average molecular weight is 379 g/mol. The number of carbonyl (C=O) groups is 1. The van der Waals surface area contributed by atoms with E-state index in [9.17, 15) is 21.6 Å². The van der Waals surface area contributed by atoms with E-state index >= 15 is 0 Å². The van der Waals surface area contributed by atoms with E-state index < -0.39 is 31.3 Å². The largest absolute Gasteiger partial charge is 0.493 e. The topological polar surface area (TPSA) is 116 Å². The molecule has 0 saturated heterocycles. The van der Waals surface area contributed by atoms with Crippen LogP contribution in [0.15, 0.2) is 23.1 Å². The third-order valence-corrected chi connectivity index (χ3v) is 5.77. The fourth-order valence-corrected chi connectivity index (χ4v) is 3.54. The van der Waals surface area contributed by atoms with Crippen LogP contribution in [0.1, 0.15) is 6.42 Å². The number of hydrogen-bond acceptors (Lipinski definition) is 7. The summed E-state index contributed by atoms with van der Waals surface area (Å²) >= 11 is 0. The molecule has 0 unspecified atom stereocenters. The fraction of sp³-hybridized carbons (Fsp3) is 0.500. The van der Waals surface area contributed by atoms with E-state index in [1.165, 1.54) is 32.4 Å². The van der Waals surface area contributed by atoms with Crippen LogP contribution in [0, 0.1) is 0 Å². The van der Waals surface area contributed by atoms with Gasteiger partial charge in [0.2, 0.25) is 5.91 Å². The lowest BCUT2D eigenvalue weighted by atomic mass is 10.3. The first-order chi connectivity index (χ1) is 11.1. The summed E-state index contributed by atoms with van der Waals surface area (Å²) in [6.45, 7) is -0.0475. The highest BCUT2D eigenvalue weighted by molar-refractivity contribution is 7.91. The number of carbonyl (C=O) groups excluding carboxylic acids is 1. The maximum absolute atomic E-state index is 12.3. The van der Waals surface area contributed by atoms with Crippen LogP contribution in [0.25, 0.3) is 0 Å². The summed E-state index contributed by atoms with van der Waals surface area (Å²) in [5.74, 6) is -0.442. The molecule has 0 aliphatic heterocycles. The van der Waals surface area contributed by atoms with Crippen LogP contribution < -0.4 is 14.8 Å². The van der Waals surface area contributed by atoms with Crippen molar-refractivity contribution in [3.63, 3.8) is 0 Å². The number of ether oxygens (including phenoxy) is 2. The SMILES string of the molecule is COc1ccc(S(=O)(=O)CCC(=O)NCCS(C)(=O)=O)cc1OC. The van der Waals surface area contributed by atoms with Crippen LogP contribution in [0.3, 0.4) is 0 Å². The minimum atomic E-state index is -3.68. The highest BCUT2D eigenvalue weighted by atomic mass is 32.2. The van der Waals surface area contributed by atoms with Gasteiger partial charge >= 0.3 is 0 Å². The number of benzene rings is 1. The fourth-order valence-electron chi connectivity index (χ4n) is 1.82. The Kier molecular flexibility index (Phi) is 7.03. The van der Waals surface area contributed by atoms with E-state index in [1.807, 2.05) is 0 Å². The lowest BCUT2D eigenvalue weighted by Crippen LogP contribution is -2.30. The number of amides is 1. The van der Waals surface area contributed by atoms with Gasteiger partial charge in [-0.3, -0.25) is 4.79 Å². The van der Waals surface area contributed by atoms with E-state index in [4.69, 9.17) is 9.47 Å². The molecule has 1 rings (SSSR count). The Morgan fingerprint density at radius 2 is 1.67 bits per heavy atom. The summed E-state index contributed by atoms with van der Waals surface area (Å²) in [4.78, 5) is 11.6. The predicted molar refractivity (Wildman–Crippen MR) is 88.9 cm³/mol. The molecular weight excluding hydrogens is 358 g/mol. The second kappa shape index (κ2) is 8.34. The van der Waals surface area contributed by atoms with E-state index in [-0.39, 0.29) is 29.4 Å². The van der Waals surface area contributed by atoms with Gasteiger partial charge in [0.25, 0.3) is 0 Å². The van der Waals surface area contributed by atoms with Crippen molar-refractivity contribution in [3.8, 4) is 11.5 Å². The van der Waals surface area contributed by atoms with Crippen molar-refractivity contribution < 1.29 is 31.1 Å². The molecule has 0 aliphatic carbocycles. The summed E-state index contributed by atoms with van der Waals surface area (Å²) in [5, 5.41) is 2.38. The maximum Gasteiger partial charge on any atom is 0.221 e. The molecule has 1 aromatic carbocycles. The van der Waals surface area contributed by atoms with E-state index in [1.54, 1.807) is 0 Å². The van der Waals surface area contributed by atoms with Gasteiger partial charge in [-0.1, -0.05) is 0 Å². The van der Waals surface area contributed by atoms with Crippen LogP contribution >= 0.6 is 0 Å². The first-order valence-corrected chi connectivity index (χ1v) is 10.7. The summed E-state index contributed by atoms with van der Waals surface area (Å²) < 4.78 is 56.5. The van der Waals surface area contributed by atoms with Gasteiger partial charge in [0.1, 0.15) is 9.84 Å². The molecule has 24 heavy (non-hydrogen) atoms. The normalized spacial score (nSPS) is 11.8. The van der Waals surface area contributed by atoms with Crippen LogP contribution in [0.4, 0.5) is 0 Å². The van der Waals surface area contributed by atoms with Gasteiger partial charge in [-0.15, -0.1) is 0 Å². The molecule has 1 aromatic rings. The summed E-state index contributed by atoms with van der Waals surface area (Å²) in [5.41, 5.74) is 0. The van der Waals surface area contributed by atoms with Crippen molar-refractivity contribution in [2.24, 2.45) is 0 Å². The Balaban J connectivity index is 2.68. The number of hydrogen-bond donors (Lipinski definition) is 1. The molecule has 0 bridgehead atoms. The second-order valence-corrected chi connectivity index (χ2v) is 9.43. The lowest BCUT2D eigenvalue weighted by Gasteiger charge is -2.10. The van der Waals surface area contributed by atoms with Crippen molar-refractivity contribution in [3.05, 3.63) is 18.2 Å². The quantitative estimate of drug-likeness (QED) is 0.643. The van der Waals surface area contributed by atoms with Gasteiger partial charge in [-0.25, -0.2) is 16.8 Å². The van der Waals surface area contributed by atoms with Crippen LogP contribution in [-0.2, 0) is 24.5 Å². The molecule has 0 fully saturated rings. The van der Waals surface area contributed by atoms with Gasteiger partial charge in [0, 0.05) is 25.3 Å². The standard InChI is InChI=1S/C14H21NO7S2/c1-21-12-5-4-11(10-13(12)22-2)24(19,20)8-6-14(16)15-7-9-23(3,17)18/h4-5,10H,6-9H2,1-3H3,(H,15,16). The maximum atomic E-state index is 12.3. The molecule has 0 spiro atoms. The van der Waals surface area contributed by atoms with E-state index in [0.29, 0.717) is 5.75 Å². The molecule has 136 valence electrons. The smallest absolute Gasteiger partial charge is 0.221 e. The summed E-state index contributed by atoms with van der Waals surface area (Å²) in [6.07, 6.45) is 0.793. The minimum absolute atomic E-state index is 0.0177. The van der Waals surface area contributed by atoms with Crippen LogP contribution in [0.5, 0.6) is 11.5 Å². The average Bonchev–Trinajstić information content (AvgIpc) is 2.51. The number of rotatable bonds is 9. The zero-order valence-electron chi connectivity index (χ0n) is 13.7. The first kappa shape index (κ1) is 20.2. The predicted octanol–water partition coefficient (Wildman–Crippen LogP) is 0.0284. The van der Waals surface area contributed by atoms with Crippen molar-refractivity contribution >= 4 is 25.6 Å². The molecule has 0 aliphatic rings. The highest BCUT2D eigenvalue weighted by Gasteiger charge is 2.19. The molecule has 10 heteroatoms. The van der Waals surface area contributed by atoms with Crippen molar-refractivity contribution in [2.45, 2.75) is 11.3 Å². The first-order valence-electron chi connectivity index (χ1n) is 6.98. The molecule has 1 amide bonds. The Morgan fingerprint density at radius 1 is 1.04 bits per heavy atom. The number of nitrogens with one attached hydrogen (secondary N) is 1. The van der Waals surface area contributed by atoms with Crippen LogP contribution in [-0.4, -0.2) is 61.3 Å². The molecule has 0 atom stereocenters. The zero-order chi connectivity index (χ0) is 18.4. The molecule has 0 heterocycles.